The highest BCUT2D eigenvalue weighted by Gasteiger charge is 2.29. The van der Waals surface area contributed by atoms with E-state index in [0.717, 1.165) is 41.8 Å². The third-order valence-electron chi connectivity index (χ3n) is 7.18. The van der Waals surface area contributed by atoms with Gasteiger partial charge < -0.3 is 29.5 Å². The zero-order valence-corrected chi connectivity index (χ0v) is 32.7. The van der Waals surface area contributed by atoms with Gasteiger partial charge >= 0.3 is 18.3 Å². The first-order valence-corrected chi connectivity index (χ1v) is 18.9. The van der Waals surface area contributed by atoms with Crippen LogP contribution in [-0.2, 0) is 19.1 Å². The summed E-state index contributed by atoms with van der Waals surface area (Å²) in [7, 11) is 0. The predicted octanol–water partition coefficient (Wildman–Crippen LogP) is 6.56. The fraction of sp³-hybridized carbons (Fsp3) is 0.421. The summed E-state index contributed by atoms with van der Waals surface area (Å²) in [6, 6.07) is 20.0. The van der Waals surface area contributed by atoms with Gasteiger partial charge in [0, 0.05) is 80.4 Å². The van der Waals surface area contributed by atoms with Crippen molar-refractivity contribution >= 4 is 46.9 Å². The number of nitrogens with one attached hydrogen (secondary N) is 1. The molecule has 0 atom stereocenters. The Morgan fingerprint density at radius 2 is 1.13 bits per heavy atom. The number of ether oxygens (including phenoxy) is 2. The highest BCUT2D eigenvalue weighted by molar-refractivity contribution is 7.13. The van der Waals surface area contributed by atoms with Gasteiger partial charge in [0.25, 0.3) is 5.91 Å². The highest BCUT2D eigenvalue weighted by atomic mass is 32.1. The molecule has 3 amide bonds. The van der Waals surface area contributed by atoms with Gasteiger partial charge in [-0.25, -0.2) is 19.6 Å². The van der Waals surface area contributed by atoms with Gasteiger partial charge in [-0.3, -0.25) is 4.79 Å². The quantitative estimate of drug-likeness (QED) is 0.243. The minimum atomic E-state index is -0.515. The van der Waals surface area contributed by atoms with E-state index in [1.54, 1.807) is 31.4 Å². The van der Waals surface area contributed by atoms with Crippen LogP contribution in [0.4, 0.5) is 9.59 Å². The lowest BCUT2D eigenvalue weighted by atomic mass is 10.2. The third kappa shape index (κ3) is 15.3. The summed E-state index contributed by atoms with van der Waals surface area (Å²) in [4.78, 5) is 66.3. The molecule has 53 heavy (non-hydrogen) atoms. The second-order valence-electron chi connectivity index (χ2n) is 13.7. The Morgan fingerprint density at radius 3 is 1.58 bits per heavy atom. The molecule has 2 aromatic carbocycles. The molecule has 0 spiro atoms. The molecule has 0 aliphatic carbocycles. The van der Waals surface area contributed by atoms with E-state index in [-0.39, 0.29) is 29.8 Å². The maximum atomic E-state index is 12.7. The maximum absolute atomic E-state index is 12.7. The van der Waals surface area contributed by atoms with Crippen LogP contribution in [0.2, 0.25) is 0 Å². The van der Waals surface area contributed by atoms with E-state index in [9.17, 15) is 14.4 Å². The van der Waals surface area contributed by atoms with Gasteiger partial charge in [-0.15, -0.1) is 22.7 Å². The lowest BCUT2D eigenvalue weighted by Crippen LogP contribution is -2.51. The predicted molar refractivity (Wildman–Crippen MR) is 204 cm³/mol. The molecule has 284 valence electrons. The fourth-order valence-corrected chi connectivity index (χ4v) is 6.23. The second kappa shape index (κ2) is 20.9. The minimum absolute atomic E-state index is 0.0905. The van der Waals surface area contributed by atoms with E-state index >= 15 is 0 Å². The monoisotopic (exact) mass is 764 g/mol. The van der Waals surface area contributed by atoms with E-state index in [1.807, 2.05) is 102 Å². The molecule has 0 saturated carbocycles. The third-order valence-corrected chi connectivity index (χ3v) is 8.90. The number of nitrogens with zero attached hydrogens (tertiary/aromatic N) is 5. The maximum Gasteiger partial charge on any atom is 0.410 e. The van der Waals surface area contributed by atoms with Crippen molar-refractivity contribution in [2.45, 2.75) is 52.7 Å². The topological polar surface area (TPSA) is 151 Å². The first kappa shape index (κ1) is 42.5. The molecule has 2 fully saturated rings. The zero-order valence-electron chi connectivity index (χ0n) is 31.1. The fourth-order valence-electron chi connectivity index (χ4n) is 4.79. The van der Waals surface area contributed by atoms with Crippen molar-refractivity contribution < 1.29 is 33.4 Å². The average Bonchev–Trinajstić information content (AvgIpc) is 3.86. The largest absolute Gasteiger partial charge is 0.444 e. The molecule has 1 N–H and O–H groups in total. The number of amides is 3. The van der Waals surface area contributed by atoms with Gasteiger partial charge in [-0.05, 0) is 41.5 Å². The highest BCUT2D eigenvalue weighted by Crippen LogP contribution is 2.24. The van der Waals surface area contributed by atoms with E-state index < -0.39 is 5.60 Å². The van der Waals surface area contributed by atoms with Crippen molar-refractivity contribution in [3.63, 3.8) is 0 Å². The summed E-state index contributed by atoms with van der Waals surface area (Å²) in [5.41, 5.74) is 1.76. The molecular weight excluding hydrogens is 717 g/mol. The molecule has 0 unspecified atom stereocenters. The van der Waals surface area contributed by atoms with Crippen LogP contribution < -0.4 is 5.32 Å². The summed E-state index contributed by atoms with van der Waals surface area (Å²) < 4.78 is 10.6. The molecule has 13 nitrogen and oxygen atoms in total. The Morgan fingerprint density at radius 1 is 0.679 bits per heavy atom. The number of hydrogen-bond donors (Lipinski definition) is 1. The number of carbonyl (C=O) groups excluding carboxylic acids is 5. The first-order chi connectivity index (χ1) is 25.2. The molecule has 6 rings (SSSR count). The van der Waals surface area contributed by atoms with Gasteiger partial charge in [0.1, 0.15) is 26.9 Å². The van der Waals surface area contributed by atoms with Crippen molar-refractivity contribution in [3.05, 3.63) is 83.3 Å². The van der Waals surface area contributed by atoms with Crippen LogP contribution in [0.15, 0.2) is 77.6 Å². The molecule has 2 aromatic heterocycles. The van der Waals surface area contributed by atoms with Crippen molar-refractivity contribution in [2.24, 2.45) is 0 Å². The Balaban J connectivity index is 0.000000232. The Bertz CT molecular complexity index is 1720. The number of carbonyl (C=O) groups is 3. The molecule has 4 aromatic rings. The summed E-state index contributed by atoms with van der Waals surface area (Å²) in [5, 5.41) is 8.89. The van der Waals surface area contributed by atoms with E-state index in [0.29, 0.717) is 31.9 Å². The van der Waals surface area contributed by atoms with Crippen LogP contribution in [0.25, 0.3) is 21.1 Å². The number of hydrogen-bond acceptors (Lipinski definition) is 12. The van der Waals surface area contributed by atoms with Gasteiger partial charge in [0.05, 0.1) is 0 Å². The lowest BCUT2D eigenvalue weighted by Gasteiger charge is -2.35. The number of aromatic nitrogens is 2. The van der Waals surface area contributed by atoms with Gasteiger partial charge in [-0.2, -0.15) is 9.59 Å². The summed E-state index contributed by atoms with van der Waals surface area (Å²) in [5.74, 6) is -0.0905. The number of rotatable bonds is 3. The Labute approximate surface area is 318 Å². The molecule has 4 heterocycles. The van der Waals surface area contributed by atoms with Crippen LogP contribution in [-0.4, -0.2) is 112 Å². The zero-order chi connectivity index (χ0) is 38.9. The van der Waals surface area contributed by atoms with Crippen LogP contribution in [0, 0.1) is 0 Å². The number of benzene rings is 2. The SMILES string of the molecule is CC(C)(C)OC(=O)N1CCN(C(=O)c2csc(-c3ccccc3)n2)CC1.CC(C)(C)OC(=O)N1CCNCC1.O=C=O.c1ccc(-c2nccs2)cc1. The lowest BCUT2D eigenvalue weighted by molar-refractivity contribution is -0.191. The van der Waals surface area contributed by atoms with E-state index in [4.69, 9.17) is 19.1 Å². The Kier molecular flexibility index (Phi) is 16.8. The molecule has 0 radical (unpaired) electrons. The minimum Gasteiger partial charge on any atom is -0.444 e. The van der Waals surface area contributed by atoms with Crippen molar-refractivity contribution in [2.75, 3.05) is 52.4 Å². The van der Waals surface area contributed by atoms with Crippen molar-refractivity contribution in [3.8, 4) is 21.1 Å². The summed E-state index contributed by atoms with van der Waals surface area (Å²) >= 11 is 3.13. The molecule has 2 aliphatic heterocycles. The van der Waals surface area contributed by atoms with Crippen molar-refractivity contribution in [1.29, 1.82) is 0 Å². The van der Waals surface area contributed by atoms with Gasteiger partial charge in [-0.1, -0.05) is 60.7 Å². The molecular formula is C38H48N6O7S2. The Hall–Kier alpha value is -4.95. The number of thiazole rings is 2. The average molecular weight is 765 g/mol. The van der Waals surface area contributed by atoms with Crippen LogP contribution in [0.5, 0.6) is 0 Å². The standard InChI is InChI=1S/C19H23N3O3S.C9H18N2O2.C9H7NS.CO2/c1-19(2,3)25-18(24)22-11-9-21(10-12-22)17(23)15-13-26-16(20-15)14-7-5-4-6-8-14;1-9(2,3)13-8(12)11-6-4-10-5-7-11;1-2-4-8(5-3-1)9-10-6-7-11-9;2-1-3/h4-8,13H,9-12H2,1-3H3;10H,4-7H2,1-3H3;1-7H;. The van der Waals surface area contributed by atoms with Gasteiger partial charge in [0.2, 0.25) is 0 Å². The van der Waals surface area contributed by atoms with Crippen LogP contribution in [0.1, 0.15) is 52.0 Å². The molecule has 2 aliphatic rings. The molecule has 15 heteroatoms. The van der Waals surface area contributed by atoms with E-state index in [1.165, 1.54) is 16.9 Å². The van der Waals surface area contributed by atoms with Crippen LogP contribution in [0.3, 0.4) is 0 Å². The van der Waals surface area contributed by atoms with Gasteiger partial charge in [0.15, 0.2) is 0 Å². The van der Waals surface area contributed by atoms with E-state index in [2.05, 4.69) is 27.4 Å². The normalized spacial score (nSPS) is 14.1. The molecule has 2 saturated heterocycles. The smallest absolute Gasteiger partial charge is 0.410 e. The van der Waals surface area contributed by atoms with Crippen molar-refractivity contribution in [1.82, 2.24) is 30.0 Å². The van der Waals surface area contributed by atoms with Crippen LogP contribution >= 0.6 is 22.7 Å². The number of piperazine rings is 2. The summed E-state index contributed by atoms with van der Waals surface area (Å²) in [6.07, 6.45) is 1.55. The second-order valence-corrected chi connectivity index (χ2v) is 15.4. The first-order valence-electron chi connectivity index (χ1n) is 17.1. The summed E-state index contributed by atoms with van der Waals surface area (Å²) in [6.45, 7) is 16.3. The molecule has 0 bridgehead atoms.